The number of rotatable bonds is 4. The van der Waals surface area contributed by atoms with Gasteiger partial charge in [0, 0.05) is 5.69 Å². The van der Waals surface area contributed by atoms with Crippen LogP contribution in [0.2, 0.25) is 0 Å². The zero-order chi connectivity index (χ0) is 13.8. The number of ether oxygens (including phenoxy) is 1. The average molecular weight is 257 g/mol. The molecule has 0 amide bonds. The summed E-state index contributed by atoms with van der Waals surface area (Å²) in [4.78, 5) is 11.1. The van der Waals surface area contributed by atoms with Gasteiger partial charge in [-0.05, 0) is 36.8 Å². The molecule has 0 aliphatic heterocycles. The first-order valence-electron chi connectivity index (χ1n) is 5.86. The van der Waals surface area contributed by atoms with Gasteiger partial charge in [-0.2, -0.15) is 0 Å². The molecule has 98 valence electrons. The highest BCUT2D eigenvalue weighted by Gasteiger charge is 2.09. The summed E-state index contributed by atoms with van der Waals surface area (Å²) in [6.45, 7) is 1.77. The largest absolute Gasteiger partial charge is 0.495 e. The highest BCUT2D eigenvalue weighted by atomic mass is 16.5. The minimum Gasteiger partial charge on any atom is -0.495 e. The molecule has 2 aromatic rings. The van der Waals surface area contributed by atoms with Gasteiger partial charge in [0.25, 0.3) is 0 Å². The van der Waals surface area contributed by atoms with E-state index in [1.165, 1.54) is 0 Å². The number of benzene rings is 2. The second-order valence-corrected chi connectivity index (χ2v) is 4.16. The molecule has 0 fully saturated rings. The lowest BCUT2D eigenvalue weighted by Gasteiger charge is -2.12. The first-order valence-corrected chi connectivity index (χ1v) is 5.86. The van der Waals surface area contributed by atoms with Crippen LogP contribution in [-0.4, -0.2) is 18.2 Å². The number of anilines is 2. The highest BCUT2D eigenvalue weighted by Crippen LogP contribution is 2.27. The minimum atomic E-state index is -0.929. The number of aromatic carboxylic acids is 1. The number of methoxy groups -OCH3 is 1. The van der Waals surface area contributed by atoms with E-state index in [1.807, 2.05) is 30.3 Å². The Bertz CT molecular complexity index is 608. The van der Waals surface area contributed by atoms with Crippen molar-refractivity contribution in [1.82, 2.24) is 0 Å². The Morgan fingerprint density at radius 1 is 1.21 bits per heavy atom. The van der Waals surface area contributed by atoms with Gasteiger partial charge in [0.05, 0.1) is 18.4 Å². The molecule has 4 nitrogen and oxygen atoms in total. The first kappa shape index (κ1) is 13.0. The van der Waals surface area contributed by atoms with Crippen molar-refractivity contribution in [2.45, 2.75) is 6.92 Å². The molecule has 19 heavy (non-hydrogen) atoms. The summed E-state index contributed by atoms with van der Waals surface area (Å²) in [6, 6.07) is 12.7. The van der Waals surface area contributed by atoms with E-state index >= 15 is 0 Å². The fourth-order valence-electron chi connectivity index (χ4n) is 1.83. The van der Waals surface area contributed by atoms with E-state index in [1.54, 1.807) is 26.2 Å². The summed E-state index contributed by atoms with van der Waals surface area (Å²) in [7, 11) is 1.60. The van der Waals surface area contributed by atoms with Crippen molar-refractivity contribution >= 4 is 17.3 Å². The van der Waals surface area contributed by atoms with E-state index in [0.29, 0.717) is 17.0 Å². The molecule has 0 spiro atoms. The van der Waals surface area contributed by atoms with Crippen molar-refractivity contribution in [1.29, 1.82) is 0 Å². The Kier molecular flexibility index (Phi) is 3.71. The predicted octanol–water partition coefficient (Wildman–Crippen LogP) is 3.45. The number of carboxylic acid groups (broad SMARTS) is 1. The molecule has 0 aliphatic rings. The summed E-state index contributed by atoms with van der Waals surface area (Å²) in [5.41, 5.74) is 2.54. The SMILES string of the molecule is COc1ccccc1Nc1ccc(C)c(C(=O)O)c1. The van der Waals surface area contributed by atoms with Crippen molar-refractivity contribution in [3.05, 3.63) is 53.6 Å². The van der Waals surface area contributed by atoms with E-state index < -0.39 is 5.97 Å². The molecule has 2 N–H and O–H groups in total. The van der Waals surface area contributed by atoms with Crippen molar-refractivity contribution in [3.8, 4) is 5.75 Å². The Balaban J connectivity index is 2.33. The smallest absolute Gasteiger partial charge is 0.336 e. The van der Waals surface area contributed by atoms with Gasteiger partial charge in [-0.1, -0.05) is 18.2 Å². The van der Waals surface area contributed by atoms with Crippen LogP contribution in [0, 0.1) is 6.92 Å². The van der Waals surface area contributed by atoms with E-state index in [9.17, 15) is 4.79 Å². The van der Waals surface area contributed by atoms with Crippen molar-refractivity contribution in [3.63, 3.8) is 0 Å². The van der Waals surface area contributed by atoms with Crippen LogP contribution in [0.5, 0.6) is 5.75 Å². The summed E-state index contributed by atoms with van der Waals surface area (Å²) in [5, 5.41) is 12.3. The van der Waals surface area contributed by atoms with Crippen LogP contribution in [0.1, 0.15) is 15.9 Å². The van der Waals surface area contributed by atoms with E-state index in [0.717, 1.165) is 11.3 Å². The number of hydrogen-bond donors (Lipinski definition) is 2. The maximum Gasteiger partial charge on any atom is 0.336 e. The maximum absolute atomic E-state index is 11.1. The second-order valence-electron chi connectivity index (χ2n) is 4.16. The lowest BCUT2D eigenvalue weighted by Crippen LogP contribution is -2.01. The van der Waals surface area contributed by atoms with Gasteiger partial charge < -0.3 is 15.2 Å². The first-order chi connectivity index (χ1) is 9.11. The van der Waals surface area contributed by atoms with E-state index in [4.69, 9.17) is 9.84 Å². The van der Waals surface area contributed by atoms with Crippen LogP contribution >= 0.6 is 0 Å². The third kappa shape index (κ3) is 2.85. The third-order valence-electron chi connectivity index (χ3n) is 2.85. The Morgan fingerprint density at radius 2 is 1.95 bits per heavy atom. The predicted molar refractivity (Wildman–Crippen MR) is 74.4 cm³/mol. The van der Waals surface area contributed by atoms with Crippen molar-refractivity contribution in [2.75, 3.05) is 12.4 Å². The molecular formula is C15H15NO3. The van der Waals surface area contributed by atoms with Crippen LogP contribution in [0.25, 0.3) is 0 Å². The topological polar surface area (TPSA) is 58.6 Å². The third-order valence-corrected chi connectivity index (χ3v) is 2.85. The van der Waals surface area contributed by atoms with Gasteiger partial charge in [-0.15, -0.1) is 0 Å². The number of carbonyl (C=O) groups is 1. The average Bonchev–Trinajstić information content (AvgIpc) is 2.41. The summed E-state index contributed by atoms with van der Waals surface area (Å²) < 4.78 is 5.24. The molecule has 0 saturated carbocycles. The van der Waals surface area contributed by atoms with E-state index in [-0.39, 0.29) is 0 Å². The van der Waals surface area contributed by atoms with Gasteiger partial charge in [-0.25, -0.2) is 4.79 Å². The molecule has 0 unspecified atom stereocenters. The van der Waals surface area contributed by atoms with Crippen molar-refractivity contribution in [2.24, 2.45) is 0 Å². The lowest BCUT2D eigenvalue weighted by molar-refractivity contribution is 0.0696. The zero-order valence-corrected chi connectivity index (χ0v) is 10.8. The maximum atomic E-state index is 11.1. The quantitative estimate of drug-likeness (QED) is 0.880. The summed E-state index contributed by atoms with van der Waals surface area (Å²) in [6.07, 6.45) is 0. The lowest BCUT2D eigenvalue weighted by atomic mass is 10.1. The van der Waals surface area contributed by atoms with E-state index in [2.05, 4.69) is 5.32 Å². The Morgan fingerprint density at radius 3 is 2.63 bits per heavy atom. The molecule has 4 heteroatoms. The van der Waals surface area contributed by atoms with Gasteiger partial charge in [0.15, 0.2) is 0 Å². The summed E-state index contributed by atoms with van der Waals surface area (Å²) >= 11 is 0. The second kappa shape index (κ2) is 5.44. The molecule has 0 heterocycles. The fraction of sp³-hybridized carbons (Fsp3) is 0.133. The molecule has 0 atom stereocenters. The molecule has 0 aliphatic carbocycles. The fourth-order valence-corrected chi connectivity index (χ4v) is 1.83. The molecule has 2 aromatic carbocycles. The van der Waals surface area contributed by atoms with Crippen LogP contribution < -0.4 is 10.1 Å². The number of hydrogen-bond acceptors (Lipinski definition) is 3. The number of nitrogens with one attached hydrogen (secondary N) is 1. The molecule has 0 saturated heterocycles. The molecule has 0 radical (unpaired) electrons. The minimum absolute atomic E-state index is 0.292. The standard InChI is InChI=1S/C15H15NO3/c1-10-7-8-11(9-12(10)15(17)18)16-13-5-3-4-6-14(13)19-2/h3-9,16H,1-2H3,(H,17,18). The van der Waals surface area contributed by atoms with Gasteiger partial charge >= 0.3 is 5.97 Å². The summed E-state index contributed by atoms with van der Waals surface area (Å²) in [5.74, 6) is -0.221. The molecule has 0 aromatic heterocycles. The van der Waals surface area contributed by atoms with Gasteiger partial charge in [0.2, 0.25) is 0 Å². The zero-order valence-electron chi connectivity index (χ0n) is 10.8. The number of carboxylic acids is 1. The number of para-hydroxylation sites is 2. The van der Waals surface area contributed by atoms with Crippen LogP contribution in [0.15, 0.2) is 42.5 Å². The highest BCUT2D eigenvalue weighted by molar-refractivity contribution is 5.91. The Labute approximate surface area is 111 Å². The van der Waals surface area contributed by atoms with Gasteiger partial charge in [0.1, 0.15) is 5.75 Å². The van der Waals surface area contributed by atoms with Crippen LogP contribution in [-0.2, 0) is 0 Å². The van der Waals surface area contributed by atoms with Crippen LogP contribution in [0.4, 0.5) is 11.4 Å². The van der Waals surface area contributed by atoms with Crippen LogP contribution in [0.3, 0.4) is 0 Å². The van der Waals surface area contributed by atoms with Gasteiger partial charge in [-0.3, -0.25) is 0 Å². The molecular weight excluding hydrogens is 242 g/mol. The number of aryl methyl sites for hydroxylation is 1. The van der Waals surface area contributed by atoms with Crippen molar-refractivity contribution < 1.29 is 14.6 Å². The molecule has 2 rings (SSSR count). The molecule has 0 bridgehead atoms. The monoisotopic (exact) mass is 257 g/mol. The Hall–Kier alpha value is -2.49. The normalized spacial score (nSPS) is 10.0.